The quantitative estimate of drug-likeness (QED) is 0.567. The molecule has 0 fully saturated rings. The molecule has 0 spiro atoms. The number of nitrogens with one attached hydrogen (secondary N) is 1. The number of quaternary nitrogens is 1. The molecule has 4 nitrogen and oxygen atoms in total. The van der Waals surface area contributed by atoms with Crippen molar-refractivity contribution in [1.29, 1.82) is 0 Å². The van der Waals surface area contributed by atoms with Crippen LogP contribution in [-0.4, -0.2) is 33.3 Å². The van der Waals surface area contributed by atoms with Crippen LogP contribution >= 0.6 is 0 Å². The van der Waals surface area contributed by atoms with Gasteiger partial charge in [-0.2, -0.15) is 0 Å². The van der Waals surface area contributed by atoms with Gasteiger partial charge < -0.3 is 14.4 Å². The van der Waals surface area contributed by atoms with Crippen LogP contribution in [0, 0.1) is 0 Å². The van der Waals surface area contributed by atoms with Crippen molar-refractivity contribution in [1.82, 2.24) is 0 Å². The molecule has 24 heavy (non-hydrogen) atoms. The number of hydrogen-bond acceptors (Lipinski definition) is 3. The highest BCUT2D eigenvalue weighted by Gasteiger charge is 2.05. The Morgan fingerprint density at radius 1 is 1.00 bits per heavy atom. The first-order valence-corrected chi connectivity index (χ1v) is 8.35. The van der Waals surface area contributed by atoms with E-state index in [1.165, 1.54) is 17.6 Å². The topological polar surface area (TPSA) is 40.0 Å². The highest BCUT2D eigenvalue weighted by Crippen LogP contribution is 2.13. The highest BCUT2D eigenvalue weighted by atomic mass is 16.5. The van der Waals surface area contributed by atoms with Crippen molar-refractivity contribution in [2.24, 2.45) is 0 Å². The summed E-state index contributed by atoms with van der Waals surface area (Å²) in [6, 6.07) is 17.6. The van der Waals surface area contributed by atoms with Gasteiger partial charge >= 0.3 is 5.97 Å². The maximum atomic E-state index is 11.4. The molecule has 0 aromatic heterocycles. The number of rotatable bonds is 9. The molecule has 0 saturated heterocycles. The van der Waals surface area contributed by atoms with Crippen molar-refractivity contribution in [3.8, 4) is 5.75 Å². The minimum absolute atomic E-state index is 0.328. The molecule has 2 aromatic carbocycles. The van der Waals surface area contributed by atoms with Gasteiger partial charge in [0.1, 0.15) is 12.3 Å². The van der Waals surface area contributed by atoms with Gasteiger partial charge in [-0.3, -0.25) is 0 Å². The van der Waals surface area contributed by atoms with Crippen molar-refractivity contribution in [2.75, 3.05) is 27.3 Å². The lowest BCUT2D eigenvalue weighted by Gasteiger charge is -2.14. The van der Waals surface area contributed by atoms with Crippen LogP contribution < -0.4 is 9.64 Å². The van der Waals surface area contributed by atoms with Crippen LogP contribution in [-0.2, 0) is 11.3 Å². The molecule has 0 aliphatic carbocycles. The van der Waals surface area contributed by atoms with Crippen molar-refractivity contribution in [3.05, 3.63) is 65.7 Å². The normalized spacial score (nSPS) is 11.8. The molecule has 0 aliphatic heterocycles. The standard InChI is InChI=1S/C20H25NO3/c1-21(16-17-8-4-3-5-9-17)14-6-7-15-24-19-12-10-18(11-13-19)20(22)23-2/h3-5,8-13H,6-7,14-16H2,1-2H3/p+1. The van der Waals surface area contributed by atoms with Crippen LogP contribution in [0.4, 0.5) is 0 Å². The molecular weight excluding hydrogens is 302 g/mol. The van der Waals surface area contributed by atoms with Crippen LogP contribution in [0.15, 0.2) is 54.6 Å². The van der Waals surface area contributed by atoms with E-state index in [2.05, 4.69) is 36.1 Å². The summed E-state index contributed by atoms with van der Waals surface area (Å²) < 4.78 is 10.4. The maximum absolute atomic E-state index is 11.4. The second kappa shape index (κ2) is 9.73. The molecule has 1 unspecified atom stereocenters. The average molecular weight is 328 g/mol. The second-order valence-corrected chi connectivity index (χ2v) is 5.94. The average Bonchev–Trinajstić information content (AvgIpc) is 2.62. The Balaban J connectivity index is 1.61. The molecule has 128 valence electrons. The largest absolute Gasteiger partial charge is 0.494 e. The number of benzene rings is 2. The minimum atomic E-state index is -0.328. The fourth-order valence-corrected chi connectivity index (χ4v) is 2.56. The van der Waals surface area contributed by atoms with Crippen LogP contribution in [0.2, 0.25) is 0 Å². The van der Waals surface area contributed by atoms with Gasteiger partial charge in [-0.25, -0.2) is 4.79 Å². The molecule has 0 saturated carbocycles. The Hall–Kier alpha value is -2.33. The van der Waals surface area contributed by atoms with Gasteiger partial charge in [0, 0.05) is 5.56 Å². The third kappa shape index (κ3) is 6.05. The lowest BCUT2D eigenvalue weighted by molar-refractivity contribution is -0.894. The van der Waals surface area contributed by atoms with E-state index in [9.17, 15) is 4.79 Å². The summed E-state index contributed by atoms with van der Waals surface area (Å²) in [5.74, 6) is 0.457. The number of unbranched alkanes of at least 4 members (excludes halogenated alkanes) is 1. The van der Waals surface area contributed by atoms with E-state index in [1.807, 2.05) is 6.07 Å². The zero-order valence-electron chi connectivity index (χ0n) is 14.5. The van der Waals surface area contributed by atoms with E-state index >= 15 is 0 Å². The van der Waals surface area contributed by atoms with Gasteiger partial charge in [0.05, 0.1) is 32.9 Å². The summed E-state index contributed by atoms with van der Waals surface area (Å²) in [5.41, 5.74) is 1.91. The zero-order chi connectivity index (χ0) is 17.2. The molecule has 1 N–H and O–H groups in total. The van der Waals surface area contributed by atoms with Gasteiger partial charge in [0.2, 0.25) is 0 Å². The Kier molecular flexibility index (Phi) is 7.30. The number of carbonyl (C=O) groups excluding carboxylic acids is 1. The van der Waals surface area contributed by atoms with Gasteiger partial charge in [-0.1, -0.05) is 30.3 Å². The van der Waals surface area contributed by atoms with E-state index in [0.29, 0.717) is 12.2 Å². The van der Waals surface area contributed by atoms with Crippen LogP contribution in [0.1, 0.15) is 28.8 Å². The third-order valence-electron chi connectivity index (χ3n) is 3.89. The number of methoxy groups -OCH3 is 1. The molecule has 1 atom stereocenters. The van der Waals surface area contributed by atoms with Gasteiger partial charge in [-0.15, -0.1) is 0 Å². The number of ether oxygens (including phenoxy) is 2. The number of carbonyl (C=O) groups is 1. The predicted molar refractivity (Wildman–Crippen MR) is 94.4 cm³/mol. The van der Waals surface area contributed by atoms with Crippen molar-refractivity contribution in [3.63, 3.8) is 0 Å². The Morgan fingerprint density at radius 3 is 2.38 bits per heavy atom. The first kappa shape index (κ1) is 18.0. The van der Waals surface area contributed by atoms with E-state index in [0.717, 1.165) is 31.7 Å². The first-order chi connectivity index (χ1) is 11.7. The molecule has 2 rings (SSSR count). The van der Waals surface area contributed by atoms with E-state index in [4.69, 9.17) is 4.74 Å². The number of esters is 1. The van der Waals surface area contributed by atoms with E-state index in [1.54, 1.807) is 24.3 Å². The fraction of sp³-hybridized carbons (Fsp3) is 0.350. The SMILES string of the molecule is COC(=O)c1ccc(OCCCC[NH+](C)Cc2ccccc2)cc1. The fourth-order valence-electron chi connectivity index (χ4n) is 2.56. The molecule has 0 amide bonds. The van der Waals surface area contributed by atoms with Gasteiger partial charge in [-0.05, 0) is 37.1 Å². The van der Waals surface area contributed by atoms with Crippen molar-refractivity contribution >= 4 is 5.97 Å². The summed E-state index contributed by atoms with van der Waals surface area (Å²) >= 11 is 0. The van der Waals surface area contributed by atoms with Crippen molar-refractivity contribution in [2.45, 2.75) is 19.4 Å². The van der Waals surface area contributed by atoms with Gasteiger partial charge in [0.25, 0.3) is 0 Å². The van der Waals surface area contributed by atoms with Gasteiger partial charge in [0.15, 0.2) is 0 Å². The highest BCUT2D eigenvalue weighted by molar-refractivity contribution is 5.89. The minimum Gasteiger partial charge on any atom is -0.494 e. The Morgan fingerprint density at radius 2 is 1.71 bits per heavy atom. The molecular formula is C20H26NO3+. The summed E-state index contributed by atoms with van der Waals surface area (Å²) in [6.07, 6.45) is 2.14. The molecule has 0 radical (unpaired) electrons. The van der Waals surface area contributed by atoms with Crippen LogP contribution in [0.25, 0.3) is 0 Å². The summed E-state index contributed by atoms with van der Waals surface area (Å²) in [6.45, 7) is 2.87. The van der Waals surface area contributed by atoms with Crippen molar-refractivity contribution < 1.29 is 19.2 Å². The lowest BCUT2D eigenvalue weighted by atomic mass is 10.2. The molecule has 2 aromatic rings. The maximum Gasteiger partial charge on any atom is 0.337 e. The summed E-state index contributed by atoms with van der Waals surface area (Å²) in [4.78, 5) is 12.9. The zero-order valence-corrected chi connectivity index (χ0v) is 14.5. The molecule has 4 heteroatoms. The van der Waals surface area contributed by atoms with Crippen LogP contribution in [0.5, 0.6) is 5.75 Å². The Bertz CT molecular complexity index is 611. The van der Waals surface area contributed by atoms with E-state index in [-0.39, 0.29) is 5.97 Å². The van der Waals surface area contributed by atoms with E-state index < -0.39 is 0 Å². The molecule has 0 aliphatic rings. The monoisotopic (exact) mass is 328 g/mol. The summed E-state index contributed by atoms with van der Waals surface area (Å²) in [7, 11) is 3.60. The first-order valence-electron chi connectivity index (χ1n) is 8.35. The third-order valence-corrected chi connectivity index (χ3v) is 3.89. The molecule has 0 bridgehead atoms. The predicted octanol–water partition coefficient (Wildman–Crippen LogP) is 2.35. The summed E-state index contributed by atoms with van der Waals surface area (Å²) in [5, 5.41) is 0. The second-order valence-electron chi connectivity index (χ2n) is 5.94. The number of hydrogen-bond donors (Lipinski definition) is 1. The lowest BCUT2D eigenvalue weighted by Crippen LogP contribution is -3.07. The van der Waals surface area contributed by atoms with Crippen LogP contribution in [0.3, 0.4) is 0 Å². The molecule has 0 heterocycles. The Labute approximate surface area is 144 Å². The smallest absolute Gasteiger partial charge is 0.337 e.